The predicted octanol–water partition coefficient (Wildman–Crippen LogP) is 2.36. The molecule has 1 amide bonds. The maximum atomic E-state index is 12.8. The van der Waals surface area contributed by atoms with Gasteiger partial charge in [0.2, 0.25) is 0 Å². The van der Waals surface area contributed by atoms with Crippen molar-refractivity contribution in [2.75, 3.05) is 19.7 Å². The molecule has 0 radical (unpaired) electrons. The summed E-state index contributed by atoms with van der Waals surface area (Å²) in [4.78, 5) is 14.1. The number of rotatable bonds is 3. The second-order valence-corrected chi connectivity index (χ2v) is 6.43. The van der Waals surface area contributed by atoms with Gasteiger partial charge in [-0.1, -0.05) is 6.42 Å². The van der Waals surface area contributed by atoms with Gasteiger partial charge in [-0.05, 0) is 49.9 Å². The largest absolute Gasteiger partial charge is 0.484 e. The number of benzene rings is 1. The molecule has 1 spiro atoms. The highest BCUT2D eigenvalue weighted by Crippen LogP contribution is 2.44. The Morgan fingerprint density at radius 3 is 2.73 bits per heavy atom. The molecule has 1 aliphatic heterocycles. The number of amides is 1. The van der Waals surface area contributed by atoms with Gasteiger partial charge in [0.15, 0.2) is 6.61 Å². The van der Waals surface area contributed by atoms with E-state index in [9.17, 15) is 14.3 Å². The Labute approximate surface area is 129 Å². The third kappa shape index (κ3) is 3.09. The van der Waals surface area contributed by atoms with Gasteiger partial charge in [0.25, 0.3) is 5.91 Å². The van der Waals surface area contributed by atoms with Crippen molar-refractivity contribution < 1.29 is 19.0 Å². The van der Waals surface area contributed by atoms with Crippen LogP contribution in [0.4, 0.5) is 4.39 Å². The van der Waals surface area contributed by atoms with Crippen molar-refractivity contribution >= 4 is 5.91 Å². The summed E-state index contributed by atoms with van der Waals surface area (Å²) in [5.41, 5.74) is -0.107. The van der Waals surface area contributed by atoms with E-state index in [4.69, 9.17) is 4.74 Å². The maximum absolute atomic E-state index is 12.8. The van der Waals surface area contributed by atoms with E-state index in [0.717, 1.165) is 38.6 Å². The maximum Gasteiger partial charge on any atom is 0.260 e. The standard InChI is InChI=1S/C17H22FNO3/c18-13-4-6-14(7-5-13)22-11-16(21)19-10-2-9-17(12-19)8-1-3-15(17)20/h4-7,15,20H,1-3,8-12H2/t15-,17-/m1/s1. The second-order valence-electron chi connectivity index (χ2n) is 6.43. The molecule has 120 valence electrons. The normalized spacial score (nSPS) is 28.1. The van der Waals surface area contributed by atoms with Gasteiger partial charge in [0, 0.05) is 18.5 Å². The molecule has 3 rings (SSSR count). The van der Waals surface area contributed by atoms with Crippen LogP contribution in [0.1, 0.15) is 32.1 Å². The highest BCUT2D eigenvalue weighted by atomic mass is 19.1. The summed E-state index contributed by atoms with van der Waals surface area (Å²) in [5, 5.41) is 10.2. The van der Waals surface area contributed by atoms with Crippen LogP contribution in [0.15, 0.2) is 24.3 Å². The third-order valence-corrected chi connectivity index (χ3v) is 5.00. The topological polar surface area (TPSA) is 49.8 Å². The van der Waals surface area contributed by atoms with E-state index < -0.39 is 0 Å². The van der Waals surface area contributed by atoms with Crippen LogP contribution < -0.4 is 4.74 Å². The van der Waals surface area contributed by atoms with E-state index in [1.54, 1.807) is 0 Å². The molecule has 1 aliphatic carbocycles. The van der Waals surface area contributed by atoms with E-state index in [1.807, 2.05) is 4.90 Å². The van der Waals surface area contributed by atoms with Crippen molar-refractivity contribution in [1.82, 2.24) is 4.90 Å². The highest BCUT2D eigenvalue weighted by molar-refractivity contribution is 5.78. The predicted molar refractivity (Wildman–Crippen MR) is 80.0 cm³/mol. The second kappa shape index (κ2) is 6.24. The summed E-state index contributed by atoms with van der Waals surface area (Å²) in [5.74, 6) is 0.0942. The summed E-state index contributed by atoms with van der Waals surface area (Å²) in [7, 11) is 0. The number of ether oxygens (including phenoxy) is 1. The van der Waals surface area contributed by atoms with Crippen LogP contribution in [0.5, 0.6) is 5.75 Å². The zero-order valence-corrected chi connectivity index (χ0v) is 12.6. The van der Waals surface area contributed by atoms with Gasteiger partial charge in [-0.15, -0.1) is 0 Å². The van der Waals surface area contributed by atoms with Gasteiger partial charge >= 0.3 is 0 Å². The van der Waals surface area contributed by atoms with Gasteiger partial charge in [-0.2, -0.15) is 0 Å². The molecule has 2 aliphatic rings. The quantitative estimate of drug-likeness (QED) is 0.932. The van der Waals surface area contributed by atoms with E-state index in [2.05, 4.69) is 0 Å². The third-order valence-electron chi connectivity index (χ3n) is 5.00. The molecule has 1 aromatic carbocycles. The van der Waals surface area contributed by atoms with Gasteiger partial charge < -0.3 is 14.7 Å². The molecule has 1 aromatic rings. The first-order valence-corrected chi connectivity index (χ1v) is 7.93. The number of likely N-dealkylation sites (tertiary alicyclic amines) is 1. The lowest BCUT2D eigenvalue weighted by Gasteiger charge is -2.42. The van der Waals surface area contributed by atoms with Crippen molar-refractivity contribution in [2.24, 2.45) is 5.41 Å². The number of carbonyl (C=O) groups is 1. The zero-order valence-electron chi connectivity index (χ0n) is 12.6. The number of halogens is 1. The number of carbonyl (C=O) groups excluding carboxylic acids is 1. The molecule has 2 fully saturated rings. The Hall–Kier alpha value is -1.62. The molecular formula is C17H22FNO3. The van der Waals surface area contributed by atoms with Crippen molar-refractivity contribution in [3.05, 3.63) is 30.1 Å². The van der Waals surface area contributed by atoms with E-state index in [-0.39, 0.29) is 29.9 Å². The van der Waals surface area contributed by atoms with Crippen LogP contribution >= 0.6 is 0 Å². The highest BCUT2D eigenvalue weighted by Gasteiger charge is 2.45. The van der Waals surface area contributed by atoms with Crippen LogP contribution in [-0.2, 0) is 4.79 Å². The Balaban J connectivity index is 1.56. The molecule has 22 heavy (non-hydrogen) atoms. The molecule has 0 bridgehead atoms. The van der Waals surface area contributed by atoms with Crippen molar-refractivity contribution in [3.8, 4) is 5.75 Å². The Morgan fingerprint density at radius 2 is 2.05 bits per heavy atom. The van der Waals surface area contributed by atoms with Gasteiger partial charge in [-0.3, -0.25) is 4.79 Å². The summed E-state index contributed by atoms with van der Waals surface area (Å²) in [6, 6.07) is 5.65. The van der Waals surface area contributed by atoms with Gasteiger partial charge in [0.1, 0.15) is 11.6 Å². The van der Waals surface area contributed by atoms with Crippen molar-refractivity contribution in [2.45, 2.75) is 38.2 Å². The molecule has 1 saturated heterocycles. The van der Waals surface area contributed by atoms with Gasteiger partial charge in [-0.25, -0.2) is 4.39 Å². The average molecular weight is 307 g/mol. The number of nitrogens with zero attached hydrogens (tertiary/aromatic N) is 1. The molecule has 4 nitrogen and oxygen atoms in total. The van der Waals surface area contributed by atoms with Crippen molar-refractivity contribution in [3.63, 3.8) is 0 Å². The fraction of sp³-hybridized carbons (Fsp3) is 0.588. The molecule has 2 atom stereocenters. The zero-order chi connectivity index (χ0) is 15.6. The summed E-state index contributed by atoms with van der Waals surface area (Å²) >= 11 is 0. The van der Waals surface area contributed by atoms with Crippen LogP contribution in [-0.4, -0.2) is 41.7 Å². The fourth-order valence-corrected chi connectivity index (χ4v) is 3.74. The minimum atomic E-state index is -0.327. The molecule has 1 saturated carbocycles. The molecule has 0 unspecified atom stereocenters. The first-order chi connectivity index (χ1) is 10.6. The lowest BCUT2D eigenvalue weighted by atomic mass is 9.76. The summed E-state index contributed by atoms with van der Waals surface area (Å²) < 4.78 is 18.3. The smallest absolute Gasteiger partial charge is 0.260 e. The van der Waals surface area contributed by atoms with Crippen LogP contribution in [0.25, 0.3) is 0 Å². The van der Waals surface area contributed by atoms with E-state index in [1.165, 1.54) is 24.3 Å². The SMILES string of the molecule is O=C(COc1ccc(F)cc1)N1CCC[C@]2(CCC[C@H]2O)C1. The Bertz CT molecular complexity index is 533. The molecule has 1 N–H and O–H groups in total. The molecule has 5 heteroatoms. The van der Waals surface area contributed by atoms with Crippen LogP contribution in [0, 0.1) is 11.2 Å². The molecular weight excluding hydrogens is 285 g/mol. The summed E-state index contributed by atoms with van der Waals surface area (Å²) in [6.07, 6.45) is 4.51. The van der Waals surface area contributed by atoms with E-state index >= 15 is 0 Å². The number of hydrogen-bond donors (Lipinski definition) is 1. The Morgan fingerprint density at radius 1 is 1.32 bits per heavy atom. The van der Waals surface area contributed by atoms with E-state index in [0.29, 0.717) is 12.3 Å². The molecule has 0 aromatic heterocycles. The first-order valence-electron chi connectivity index (χ1n) is 7.93. The Kier molecular flexibility index (Phi) is 4.34. The number of aliphatic hydroxyl groups is 1. The first kappa shape index (κ1) is 15.3. The van der Waals surface area contributed by atoms with Crippen LogP contribution in [0.2, 0.25) is 0 Å². The minimum absolute atomic E-state index is 0.0438. The van der Waals surface area contributed by atoms with Gasteiger partial charge in [0.05, 0.1) is 6.10 Å². The monoisotopic (exact) mass is 307 g/mol. The van der Waals surface area contributed by atoms with Crippen molar-refractivity contribution in [1.29, 1.82) is 0 Å². The average Bonchev–Trinajstić information content (AvgIpc) is 2.87. The lowest BCUT2D eigenvalue weighted by Crippen LogP contribution is -2.50. The van der Waals surface area contributed by atoms with Crippen LogP contribution in [0.3, 0.4) is 0 Å². The molecule has 1 heterocycles. The number of piperidine rings is 1. The summed E-state index contributed by atoms with van der Waals surface area (Å²) in [6.45, 7) is 1.30. The fourth-order valence-electron chi connectivity index (χ4n) is 3.74. The minimum Gasteiger partial charge on any atom is -0.484 e. The number of hydrogen-bond acceptors (Lipinski definition) is 3. The lowest BCUT2D eigenvalue weighted by molar-refractivity contribution is -0.138. The number of aliphatic hydroxyl groups excluding tert-OH is 1.